The lowest BCUT2D eigenvalue weighted by molar-refractivity contribution is 0.678. The summed E-state index contributed by atoms with van der Waals surface area (Å²) >= 11 is 3.22. The van der Waals surface area contributed by atoms with Crippen molar-refractivity contribution in [3.05, 3.63) is 70.7 Å². The van der Waals surface area contributed by atoms with Gasteiger partial charge in [0.25, 0.3) is 0 Å². The average molecular weight is 400 g/mol. The highest BCUT2D eigenvalue weighted by Gasteiger charge is 2.24. The van der Waals surface area contributed by atoms with Crippen molar-refractivity contribution in [1.29, 1.82) is 5.26 Å². The van der Waals surface area contributed by atoms with E-state index in [-0.39, 0.29) is 0 Å². The van der Waals surface area contributed by atoms with Crippen molar-refractivity contribution < 1.29 is 0 Å². The fourth-order valence-corrected chi connectivity index (χ4v) is 5.61. The number of nitriles is 1. The zero-order valence-corrected chi connectivity index (χ0v) is 16.8. The van der Waals surface area contributed by atoms with Gasteiger partial charge >= 0.3 is 0 Å². The number of fused-ring (bicyclic) bond motifs is 2. The second-order valence-corrected chi connectivity index (χ2v) is 8.76. The van der Waals surface area contributed by atoms with Gasteiger partial charge in [-0.1, -0.05) is 30.3 Å². The maximum absolute atomic E-state index is 9.97. The van der Waals surface area contributed by atoms with Gasteiger partial charge in [-0.15, -0.1) is 11.3 Å². The number of hydrogen-bond donors (Lipinski definition) is 0. The summed E-state index contributed by atoms with van der Waals surface area (Å²) < 4.78 is 0. The molecule has 4 aromatic rings. The third-order valence-corrected chi connectivity index (χ3v) is 7.06. The first kappa shape index (κ1) is 17.4. The number of rotatable bonds is 3. The molecule has 0 atom stereocenters. The van der Waals surface area contributed by atoms with Crippen LogP contribution < -0.4 is 0 Å². The number of hydrogen-bond acceptors (Lipinski definition) is 5. The van der Waals surface area contributed by atoms with Crippen molar-refractivity contribution in [3.8, 4) is 16.6 Å². The van der Waals surface area contributed by atoms with Gasteiger partial charge in [0.15, 0.2) is 0 Å². The molecular weight excluding hydrogens is 382 g/mol. The highest BCUT2D eigenvalue weighted by Crippen LogP contribution is 2.40. The van der Waals surface area contributed by atoms with Gasteiger partial charge in [0.05, 0.1) is 16.1 Å². The summed E-state index contributed by atoms with van der Waals surface area (Å²) in [7, 11) is 0. The number of nitrogens with zero attached hydrogens (tertiary/aromatic N) is 3. The summed E-state index contributed by atoms with van der Waals surface area (Å²) in [6.07, 6.45) is 6.08. The Bertz CT molecular complexity index is 1200. The molecule has 1 aliphatic rings. The lowest BCUT2D eigenvalue weighted by Gasteiger charge is -2.21. The molecule has 28 heavy (non-hydrogen) atoms. The van der Waals surface area contributed by atoms with Crippen LogP contribution in [0.5, 0.6) is 0 Å². The molecule has 5 rings (SSSR count). The predicted octanol–water partition coefficient (Wildman–Crippen LogP) is 6.26. The largest absolute Gasteiger partial charge is 0.249 e. The summed E-state index contributed by atoms with van der Waals surface area (Å²) in [6.45, 7) is 0. The van der Waals surface area contributed by atoms with Crippen molar-refractivity contribution in [2.75, 3.05) is 0 Å². The quantitative estimate of drug-likeness (QED) is 0.408. The molecule has 0 N–H and O–H groups in total. The molecule has 0 saturated carbocycles. The lowest BCUT2D eigenvalue weighted by atomic mass is 9.88. The SMILES string of the molecule is N#Cc1c(Sc2nccc3ccccc23)nc(-c2cccs2)c2c1CCCC2. The standard InChI is InChI=1S/C23H17N3S2/c24-14-19-17-8-3-4-9-18(17)21(20-10-5-13-27-20)26-23(19)28-22-16-7-2-1-6-15(16)11-12-25-22/h1-2,5-7,10-13H,3-4,8-9H2. The second kappa shape index (κ2) is 7.38. The minimum absolute atomic E-state index is 0.731. The van der Waals surface area contributed by atoms with Crippen molar-refractivity contribution >= 4 is 33.9 Å². The minimum Gasteiger partial charge on any atom is -0.249 e. The van der Waals surface area contributed by atoms with Gasteiger partial charge in [0.2, 0.25) is 0 Å². The van der Waals surface area contributed by atoms with Crippen LogP contribution in [0.25, 0.3) is 21.3 Å². The predicted molar refractivity (Wildman–Crippen MR) is 115 cm³/mol. The van der Waals surface area contributed by atoms with E-state index in [1.54, 1.807) is 11.3 Å². The van der Waals surface area contributed by atoms with Crippen molar-refractivity contribution in [1.82, 2.24) is 9.97 Å². The smallest absolute Gasteiger partial charge is 0.121 e. The van der Waals surface area contributed by atoms with Gasteiger partial charge in [-0.3, -0.25) is 0 Å². The van der Waals surface area contributed by atoms with Crippen LogP contribution in [0.1, 0.15) is 29.5 Å². The molecule has 0 spiro atoms. The topological polar surface area (TPSA) is 49.6 Å². The summed E-state index contributed by atoms with van der Waals surface area (Å²) in [5, 5.41) is 16.0. The Balaban J connectivity index is 1.71. The summed E-state index contributed by atoms with van der Waals surface area (Å²) in [5.41, 5.74) is 4.23. The van der Waals surface area contributed by atoms with E-state index in [1.807, 2.05) is 24.4 Å². The molecule has 1 aliphatic carbocycles. The number of benzene rings is 1. The Kier molecular flexibility index (Phi) is 4.59. The van der Waals surface area contributed by atoms with Crippen molar-refractivity contribution in [3.63, 3.8) is 0 Å². The van der Waals surface area contributed by atoms with Crippen LogP contribution in [0.15, 0.2) is 64.1 Å². The normalized spacial score (nSPS) is 13.2. The molecule has 0 saturated heterocycles. The number of thiophene rings is 1. The first-order valence-corrected chi connectivity index (χ1v) is 11.1. The first-order chi connectivity index (χ1) is 13.8. The van der Waals surface area contributed by atoms with Crippen LogP contribution in [-0.2, 0) is 12.8 Å². The highest BCUT2D eigenvalue weighted by atomic mass is 32.2. The van der Waals surface area contributed by atoms with Gasteiger partial charge < -0.3 is 0 Å². The second-order valence-electron chi connectivity index (χ2n) is 6.83. The lowest BCUT2D eigenvalue weighted by Crippen LogP contribution is -2.10. The van der Waals surface area contributed by atoms with Crippen molar-refractivity contribution in [2.45, 2.75) is 35.7 Å². The Morgan fingerprint density at radius 3 is 2.64 bits per heavy atom. The van der Waals surface area contributed by atoms with E-state index in [1.165, 1.54) is 27.8 Å². The maximum Gasteiger partial charge on any atom is 0.121 e. The van der Waals surface area contributed by atoms with Gasteiger partial charge in [-0.25, -0.2) is 9.97 Å². The molecule has 136 valence electrons. The molecule has 3 aromatic heterocycles. The van der Waals surface area contributed by atoms with Gasteiger partial charge in [0.1, 0.15) is 16.1 Å². The molecule has 0 radical (unpaired) electrons. The molecule has 3 heterocycles. The van der Waals surface area contributed by atoms with E-state index in [9.17, 15) is 5.26 Å². The van der Waals surface area contributed by atoms with Crippen LogP contribution in [0.4, 0.5) is 0 Å². The third-order valence-electron chi connectivity index (χ3n) is 5.18. The highest BCUT2D eigenvalue weighted by molar-refractivity contribution is 7.99. The Morgan fingerprint density at radius 2 is 1.82 bits per heavy atom. The molecule has 5 heteroatoms. The maximum atomic E-state index is 9.97. The summed E-state index contributed by atoms with van der Waals surface area (Å²) in [6, 6.07) is 16.9. The molecular formula is C23H17N3S2. The molecule has 1 aromatic carbocycles. The van der Waals surface area contributed by atoms with E-state index in [2.05, 4.69) is 40.7 Å². The average Bonchev–Trinajstić information content (AvgIpc) is 3.28. The molecule has 0 amide bonds. The van der Waals surface area contributed by atoms with E-state index in [0.29, 0.717) is 0 Å². The Morgan fingerprint density at radius 1 is 0.964 bits per heavy atom. The van der Waals surface area contributed by atoms with Gasteiger partial charge in [0, 0.05) is 11.6 Å². The first-order valence-electron chi connectivity index (χ1n) is 9.36. The zero-order chi connectivity index (χ0) is 18.9. The summed E-state index contributed by atoms with van der Waals surface area (Å²) in [5.74, 6) is 0. The van der Waals surface area contributed by atoms with Crippen LogP contribution in [0, 0.1) is 11.3 Å². The van der Waals surface area contributed by atoms with Gasteiger partial charge in [-0.2, -0.15) is 5.26 Å². The van der Waals surface area contributed by atoms with E-state index >= 15 is 0 Å². The number of aromatic nitrogens is 2. The van der Waals surface area contributed by atoms with Crippen LogP contribution in [0.2, 0.25) is 0 Å². The fourth-order valence-electron chi connectivity index (χ4n) is 3.87. The fraction of sp³-hybridized carbons (Fsp3) is 0.174. The van der Waals surface area contributed by atoms with Crippen LogP contribution in [-0.4, -0.2) is 9.97 Å². The Labute approximate surface area is 172 Å². The van der Waals surface area contributed by atoms with Gasteiger partial charge in [-0.05, 0) is 71.5 Å². The molecule has 0 aliphatic heterocycles. The molecule has 0 bridgehead atoms. The molecule has 0 unspecified atom stereocenters. The van der Waals surface area contributed by atoms with E-state index in [0.717, 1.165) is 57.8 Å². The summed E-state index contributed by atoms with van der Waals surface area (Å²) in [4.78, 5) is 10.8. The van der Waals surface area contributed by atoms with E-state index in [4.69, 9.17) is 4.98 Å². The van der Waals surface area contributed by atoms with E-state index < -0.39 is 0 Å². The van der Waals surface area contributed by atoms with Crippen LogP contribution >= 0.6 is 23.1 Å². The van der Waals surface area contributed by atoms with Crippen LogP contribution in [0.3, 0.4) is 0 Å². The third kappa shape index (κ3) is 2.99. The molecule has 3 nitrogen and oxygen atoms in total. The molecule has 0 fully saturated rings. The Hall–Kier alpha value is -2.68. The monoisotopic (exact) mass is 399 g/mol. The van der Waals surface area contributed by atoms with Crippen molar-refractivity contribution in [2.24, 2.45) is 0 Å². The zero-order valence-electron chi connectivity index (χ0n) is 15.2. The number of pyridine rings is 2. The minimum atomic E-state index is 0.731.